The first-order chi connectivity index (χ1) is 13.2. The molecular formula is C27H38. The van der Waals surface area contributed by atoms with Crippen LogP contribution in [0.25, 0.3) is 11.1 Å². The van der Waals surface area contributed by atoms with Crippen LogP contribution in [0.3, 0.4) is 0 Å². The van der Waals surface area contributed by atoms with Crippen LogP contribution in [0.2, 0.25) is 0 Å². The van der Waals surface area contributed by atoms with E-state index >= 15 is 0 Å². The van der Waals surface area contributed by atoms with E-state index in [0.29, 0.717) is 5.92 Å². The lowest BCUT2D eigenvalue weighted by molar-refractivity contribution is 0.244. The molecule has 0 bridgehead atoms. The molecule has 3 rings (SSSR count). The summed E-state index contributed by atoms with van der Waals surface area (Å²) < 4.78 is 0. The van der Waals surface area contributed by atoms with Crippen molar-refractivity contribution in [3.63, 3.8) is 0 Å². The van der Waals surface area contributed by atoms with Crippen molar-refractivity contribution in [2.45, 2.75) is 84.5 Å². The Labute approximate surface area is 167 Å². The Morgan fingerprint density at radius 3 is 1.85 bits per heavy atom. The van der Waals surface area contributed by atoms with Crippen LogP contribution in [0.1, 0.15) is 89.2 Å². The Morgan fingerprint density at radius 1 is 0.741 bits per heavy atom. The second-order valence-electron chi connectivity index (χ2n) is 8.88. The number of rotatable bonds is 8. The van der Waals surface area contributed by atoms with Crippen LogP contribution >= 0.6 is 0 Å². The monoisotopic (exact) mass is 362 g/mol. The number of aryl methyl sites for hydroxylation is 1. The van der Waals surface area contributed by atoms with Crippen LogP contribution in [0.5, 0.6) is 0 Å². The zero-order valence-corrected chi connectivity index (χ0v) is 17.7. The van der Waals surface area contributed by atoms with Gasteiger partial charge >= 0.3 is 0 Å². The van der Waals surface area contributed by atoms with Gasteiger partial charge in [-0.15, -0.1) is 0 Å². The van der Waals surface area contributed by atoms with Crippen LogP contribution < -0.4 is 0 Å². The first-order valence-corrected chi connectivity index (χ1v) is 11.4. The van der Waals surface area contributed by atoms with E-state index in [-0.39, 0.29) is 0 Å². The third kappa shape index (κ3) is 5.71. The maximum Gasteiger partial charge on any atom is -0.0184 e. The summed E-state index contributed by atoms with van der Waals surface area (Å²) in [5.41, 5.74) is 5.63. The maximum atomic E-state index is 2.42. The number of hydrogen-bond donors (Lipinski definition) is 0. The molecular weight excluding hydrogens is 324 g/mol. The summed E-state index contributed by atoms with van der Waals surface area (Å²) in [6.07, 6.45) is 12.4. The standard InChI is InChI=1S/C27H38/c1-4-6-22-8-10-24(11-9-22)20-21(3)25-16-18-27(19-17-25)26-14-12-23(7-5-2)13-15-26/h12-19,21-22,24H,4-11,20H2,1-3H3/t21-,22?,24?/m1/s1. The molecule has 0 N–H and O–H groups in total. The van der Waals surface area contributed by atoms with Gasteiger partial charge in [0.25, 0.3) is 0 Å². The van der Waals surface area contributed by atoms with E-state index in [1.165, 1.54) is 80.0 Å². The van der Waals surface area contributed by atoms with Gasteiger partial charge in [-0.25, -0.2) is 0 Å². The highest BCUT2D eigenvalue weighted by Gasteiger charge is 2.22. The van der Waals surface area contributed by atoms with E-state index in [4.69, 9.17) is 0 Å². The summed E-state index contributed by atoms with van der Waals surface area (Å²) in [7, 11) is 0. The van der Waals surface area contributed by atoms with Crippen molar-refractivity contribution < 1.29 is 0 Å². The van der Waals surface area contributed by atoms with Crippen molar-refractivity contribution in [3.05, 3.63) is 59.7 Å². The van der Waals surface area contributed by atoms with E-state index in [0.717, 1.165) is 11.8 Å². The number of benzene rings is 2. The minimum absolute atomic E-state index is 0.679. The summed E-state index contributed by atoms with van der Waals surface area (Å²) in [5, 5.41) is 0. The fraction of sp³-hybridized carbons (Fsp3) is 0.556. The normalized spacial score (nSPS) is 21.1. The summed E-state index contributed by atoms with van der Waals surface area (Å²) >= 11 is 0. The summed E-state index contributed by atoms with van der Waals surface area (Å²) in [6, 6.07) is 18.5. The summed E-state index contributed by atoms with van der Waals surface area (Å²) in [5.74, 6) is 2.64. The molecule has 0 unspecified atom stereocenters. The van der Waals surface area contributed by atoms with Crippen molar-refractivity contribution >= 4 is 0 Å². The molecule has 2 aromatic rings. The van der Waals surface area contributed by atoms with Crippen LogP contribution in [0.15, 0.2) is 48.5 Å². The van der Waals surface area contributed by atoms with Gasteiger partial charge in [-0.05, 0) is 52.8 Å². The predicted octanol–water partition coefficient (Wildman–Crippen LogP) is 8.41. The third-order valence-corrected chi connectivity index (χ3v) is 6.66. The molecule has 0 aliphatic heterocycles. The van der Waals surface area contributed by atoms with Crippen molar-refractivity contribution in [3.8, 4) is 11.1 Å². The van der Waals surface area contributed by atoms with Crippen LogP contribution in [-0.2, 0) is 6.42 Å². The average molecular weight is 363 g/mol. The van der Waals surface area contributed by atoms with Gasteiger partial charge in [-0.1, -0.05) is 114 Å². The van der Waals surface area contributed by atoms with Crippen LogP contribution in [-0.4, -0.2) is 0 Å². The molecule has 146 valence electrons. The van der Waals surface area contributed by atoms with Crippen molar-refractivity contribution in [1.29, 1.82) is 0 Å². The highest BCUT2D eigenvalue weighted by atomic mass is 14.3. The molecule has 1 saturated carbocycles. The molecule has 0 saturated heterocycles. The molecule has 0 spiro atoms. The Bertz CT molecular complexity index is 656. The number of hydrogen-bond acceptors (Lipinski definition) is 0. The van der Waals surface area contributed by atoms with Crippen molar-refractivity contribution in [2.24, 2.45) is 11.8 Å². The van der Waals surface area contributed by atoms with Gasteiger partial charge in [-0.2, -0.15) is 0 Å². The predicted molar refractivity (Wildman–Crippen MR) is 119 cm³/mol. The van der Waals surface area contributed by atoms with Gasteiger partial charge in [0, 0.05) is 0 Å². The third-order valence-electron chi connectivity index (χ3n) is 6.66. The lowest BCUT2D eigenvalue weighted by Gasteiger charge is -2.30. The molecule has 1 fully saturated rings. The summed E-state index contributed by atoms with van der Waals surface area (Å²) in [6.45, 7) is 6.99. The minimum Gasteiger partial charge on any atom is -0.0654 e. The largest absolute Gasteiger partial charge is 0.0654 e. The van der Waals surface area contributed by atoms with E-state index in [9.17, 15) is 0 Å². The molecule has 0 aromatic heterocycles. The maximum absolute atomic E-state index is 2.42. The molecule has 27 heavy (non-hydrogen) atoms. The van der Waals surface area contributed by atoms with E-state index in [1.807, 2.05) is 0 Å². The molecule has 1 aliphatic rings. The van der Waals surface area contributed by atoms with Crippen molar-refractivity contribution in [2.75, 3.05) is 0 Å². The lowest BCUT2D eigenvalue weighted by Crippen LogP contribution is -2.16. The first kappa shape index (κ1) is 20.2. The first-order valence-electron chi connectivity index (χ1n) is 11.4. The van der Waals surface area contributed by atoms with Gasteiger partial charge in [0.15, 0.2) is 0 Å². The molecule has 1 aliphatic carbocycles. The fourth-order valence-corrected chi connectivity index (χ4v) is 4.96. The van der Waals surface area contributed by atoms with E-state index in [1.54, 1.807) is 0 Å². The van der Waals surface area contributed by atoms with Gasteiger partial charge in [0.2, 0.25) is 0 Å². The highest BCUT2D eigenvalue weighted by molar-refractivity contribution is 5.64. The lowest BCUT2D eigenvalue weighted by atomic mass is 9.76. The second-order valence-corrected chi connectivity index (χ2v) is 8.88. The molecule has 0 heteroatoms. The van der Waals surface area contributed by atoms with Gasteiger partial charge in [0.1, 0.15) is 0 Å². The Balaban J connectivity index is 1.55. The van der Waals surface area contributed by atoms with E-state index < -0.39 is 0 Å². The van der Waals surface area contributed by atoms with Crippen LogP contribution in [0.4, 0.5) is 0 Å². The highest BCUT2D eigenvalue weighted by Crippen LogP contribution is 2.37. The zero-order chi connectivity index (χ0) is 19.1. The van der Waals surface area contributed by atoms with E-state index in [2.05, 4.69) is 69.3 Å². The summed E-state index contributed by atoms with van der Waals surface area (Å²) in [4.78, 5) is 0. The fourth-order valence-electron chi connectivity index (χ4n) is 4.96. The Kier molecular flexibility index (Phi) is 7.56. The topological polar surface area (TPSA) is 0 Å². The smallest absolute Gasteiger partial charge is 0.0184 e. The zero-order valence-electron chi connectivity index (χ0n) is 17.7. The minimum atomic E-state index is 0.679. The molecule has 1 atom stereocenters. The Hall–Kier alpha value is -1.56. The quantitative estimate of drug-likeness (QED) is 0.442. The molecule has 0 nitrogen and oxygen atoms in total. The SMILES string of the molecule is CCCc1ccc(-c2ccc([C@H](C)CC3CCC(CCC)CC3)cc2)cc1. The van der Waals surface area contributed by atoms with Gasteiger partial charge in [-0.3, -0.25) is 0 Å². The van der Waals surface area contributed by atoms with Crippen molar-refractivity contribution in [1.82, 2.24) is 0 Å². The van der Waals surface area contributed by atoms with Gasteiger partial charge in [0.05, 0.1) is 0 Å². The second kappa shape index (κ2) is 10.1. The van der Waals surface area contributed by atoms with Crippen LogP contribution in [0, 0.1) is 11.8 Å². The molecule has 0 radical (unpaired) electrons. The average Bonchev–Trinajstić information content (AvgIpc) is 2.71. The van der Waals surface area contributed by atoms with Gasteiger partial charge < -0.3 is 0 Å². The Morgan fingerprint density at radius 2 is 1.30 bits per heavy atom. The molecule has 0 heterocycles. The molecule has 0 amide bonds. The molecule has 2 aromatic carbocycles.